The molecular weight excluding hydrogens is 292 g/mol. The van der Waals surface area contributed by atoms with Crippen molar-refractivity contribution < 1.29 is 4.74 Å². The largest absolute Gasteiger partial charge is 0.487 e. The van der Waals surface area contributed by atoms with E-state index < -0.39 is 0 Å². The van der Waals surface area contributed by atoms with Crippen molar-refractivity contribution in [2.75, 3.05) is 0 Å². The molecule has 2 rings (SSSR count). The van der Waals surface area contributed by atoms with Gasteiger partial charge in [0, 0.05) is 17.9 Å². The average molecular weight is 309 g/mol. The van der Waals surface area contributed by atoms with Gasteiger partial charge in [0.15, 0.2) is 0 Å². The van der Waals surface area contributed by atoms with E-state index in [0.29, 0.717) is 6.61 Å². The fraction of sp³-hybridized carbons (Fsp3) is 0.357. The van der Waals surface area contributed by atoms with E-state index in [1.54, 1.807) is 0 Å². The molecule has 0 aliphatic carbocycles. The number of rotatable bonds is 5. The van der Waals surface area contributed by atoms with Crippen LogP contribution >= 0.6 is 15.9 Å². The van der Waals surface area contributed by atoms with Gasteiger partial charge in [0.2, 0.25) is 0 Å². The van der Waals surface area contributed by atoms with Crippen molar-refractivity contribution in [2.24, 2.45) is 7.05 Å². The molecule has 2 aromatic rings. The Kier molecular flexibility index (Phi) is 4.42. The highest BCUT2D eigenvalue weighted by molar-refractivity contribution is 9.08. The third kappa shape index (κ3) is 2.93. The minimum absolute atomic E-state index is 0.549. The van der Waals surface area contributed by atoms with Crippen LogP contribution in [-0.4, -0.2) is 9.78 Å². The predicted octanol–water partition coefficient (Wildman–Crippen LogP) is 3.46. The molecular formula is C14H17BrN2O. The topological polar surface area (TPSA) is 27.1 Å². The second-order valence-electron chi connectivity index (χ2n) is 4.13. The number of aromatic nitrogens is 2. The highest BCUT2D eigenvalue weighted by Crippen LogP contribution is 2.21. The maximum atomic E-state index is 5.86. The summed E-state index contributed by atoms with van der Waals surface area (Å²) in [5.41, 5.74) is 3.36. The first-order valence-corrected chi connectivity index (χ1v) is 7.15. The number of halogens is 1. The van der Waals surface area contributed by atoms with Gasteiger partial charge in [0.1, 0.15) is 12.4 Å². The number of hydrogen-bond donors (Lipinski definition) is 0. The molecule has 0 spiro atoms. The first kappa shape index (κ1) is 13.1. The number of para-hydroxylation sites is 1. The van der Waals surface area contributed by atoms with Crippen LogP contribution in [0.5, 0.6) is 5.75 Å². The lowest BCUT2D eigenvalue weighted by Gasteiger charge is -2.09. The van der Waals surface area contributed by atoms with Crippen LogP contribution in [0.4, 0.5) is 0 Å². The molecule has 4 heteroatoms. The Morgan fingerprint density at radius 3 is 2.78 bits per heavy atom. The summed E-state index contributed by atoms with van der Waals surface area (Å²) < 4.78 is 7.75. The summed E-state index contributed by atoms with van der Waals surface area (Å²) in [6.07, 6.45) is 0.950. The quantitative estimate of drug-likeness (QED) is 0.791. The van der Waals surface area contributed by atoms with Gasteiger partial charge in [-0.05, 0) is 18.6 Å². The van der Waals surface area contributed by atoms with E-state index in [1.165, 1.54) is 0 Å². The molecule has 3 nitrogen and oxygen atoms in total. The van der Waals surface area contributed by atoms with Gasteiger partial charge in [-0.15, -0.1) is 0 Å². The molecule has 0 atom stereocenters. The molecule has 18 heavy (non-hydrogen) atoms. The molecule has 0 unspecified atom stereocenters. The second kappa shape index (κ2) is 6.05. The molecule has 0 bridgehead atoms. The van der Waals surface area contributed by atoms with Crippen molar-refractivity contribution in [3.8, 4) is 5.75 Å². The van der Waals surface area contributed by atoms with Crippen LogP contribution in [0.15, 0.2) is 30.3 Å². The highest BCUT2D eigenvalue weighted by atomic mass is 79.9. The summed E-state index contributed by atoms with van der Waals surface area (Å²) >= 11 is 3.47. The van der Waals surface area contributed by atoms with Crippen LogP contribution in [0.2, 0.25) is 0 Å². The van der Waals surface area contributed by atoms with Gasteiger partial charge in [-0.25, -0.2) is 0 Å². The zero-order chi connectivity index (χ0) is 13.0. The molecule has 1 aromatic carbocycles. The van der Waals surface area contributed by atoms with Gasteiger partial charge in [-0.1, -0.05) is 41.1 Å². The summed E-state index contributed by atoms with van der Waals surface area (Å²) in [4.78, 5) is 0. The summed E-state index contributed by atoms with van der Waals surface area (Å²) in [5.74, 6) is 0.925. The lowest BCUT2D eigenvalue weighted by molar-refractivity contribution is 0.293. The van der Waals surface area contributed by atoms with Gasteiger partial charge in [-0.3, -0.25) is 4.68 Å². The van der Waals surface area contributed by atoms with Crippen LogP contribution in [0.25, 0.3) is 0 Å². The average Bonchev–Trinajstić information content (AvgIpc) is 2.77. The van der Waals surface area contributed by atoms with E-state index in [1.807, 2.05) is 29.9 Å². The Morgan fingerprint density at radius 1 is 1.33 bits per heavy atom. The van der Waals surface area contributed by atoms with Crippen molar-refractivity contribution in [2.45, 2.75) is 25.3 Å². The molecule has 96 valence electrons. The molecule has 1 aromatic heterocycles. The summed E-state index contributed by atoms with van der Waals surface area (Å²) in [7, 11) is 1.95. The first-order valence-electron chi connectivity index (χ1n) is 6.03. The monoisotopic (exact) mass is 308 g/mol. The van der Waals surface area contributed by atoms with Gasteiger partial charge < -0.3 is 4.74 Å². The number of alkyl halides is 1. The molecule has 0 saturated carbocycles. The minimum Gasteiger partial charge on any atom is -0.487 e. The smallest absolute Gasteiger partial charge is 0.130 e. The van der Waals surface area contributed by atoms with Crippen molar-refractivity contribution in [3.05, 3.63) is 47.3 Å². The zero-order valence-electron chi connectivity index (χ0n) is 10.7. The van der Waals surface area contributed by atoms with E-state index in [0.717, 1.165) is 34.5 Å². The zero-order valence-corrected chi connectivity index (χ0v) is 12.3. The fourth-order valence-corrected chi connectivity index (χ4v) is 2.25. The third-order valence-corrected chi connectivity index (χ3v) is 3.49. The summed E-state index contributed by atoms with van der Waals surface area (Å²) in [6, 6.07) is 10.2. The number of ether oxygens (including phenoxy) is 1. The van der Waals surface area contributed by atoms with E-state index in [2.05, 4.69) is 40.1 Å². The van der Waals surface area contributed by atoms with Crippen molar-refractivity contribution in [1.29, 1.82) is 0 Å². The predicted molar refractivity (Wildman–Crippen MR) is 76.0 cm³/mol. The van der Waals surface area contributed by atoms with Gasteiger partial charge in [0.05, 0.1) is 11.4 Å². The van der Waals surface area contributed by atoms with Crippen LogP contribution < -0.4 is 4.74 Å². The Balaban J connectivity index is 2.08. The molecule has 1 heterocycles. The SMILES string of the molecule is CCc1cc(COc2ccccc2CBr)n(C)n1. The summed E-state index contributed by atoms with van der Waals surface area (Å²) in [6.45, 7) is 2.65. The van der Waals surface area contributed by atoms with E-state index in [9.17, 15) is 0 Å². The molecule has 0 N–H and O–H groups in total. The molecule has 0 saturated heterocycles. The first-order chi connectivity index (χ1) is 8.74. The Bertz CT molecular complexity index is 522. The van der Waals surface area contributed by atoms with Gasteiger partial charge >= 0.3 is 0 Å². The van der Waals surface area contributed by atoms with E-state index in [4.69, 9.17) is 4.74 Å². The number of hydrogen-bond acceptors (Lipinski definition) is 2. The maximum absolute atomic E-state index is 5.86. The highest BCUT2D eigenvalue weighted by Gasteiger charge is 2.06. The number of aryl methyl sites for hydroxylation is 2. The standard InChI is InChI=1S/C14H17BrN2O/c1-3-12-8-13(17(2)16-12)10-18-14-7-5-4-6-11(14)9-15/h4-8H,3,9-10H2,1-2H3. The van der Waals surface area contributed by atoms with E-state index in [-0.39, 0.29) is 0 Å². The van der Waals surface area contributed by atoms with Gasteiger partial charge in [0.25, 0.3) is 0 Å². The lowest BCUT2D eigenvalue weighted by atomic mass is 10.2. The van der Waals surface area contributed by atoms with Crippen LogP contribution in [0.1, 0.15) is 23.9 Å². The fourth-order valence-electron chi connectivity index (χ4n) is 1.79. The van der Waals surface area contributed by atoms with Crippen LogP contribution in [0.3, 0.4) is 0 Å². The Labute approximate surface area is 116 Å². The van der Waals surface area contributed by atoms with Crippen molar-refractivity contribution in [3.63, 3.8) is 0 Å². The van der Waals surface area contributed by atoms with E-state index >= 15 is 0 Å². The minimum atomic E-state index is 0.549. The molecule has 0 radical (unpaired) electrons. The van der Waals surface area contributed by atoms with Gasteiger partial charge in [-0.2, -0.15) is 5.10 Å². The summed E-state index contributed by atoms with van der Waals surface area (Å²) in [5, 5.41) is 5.21. The molecule has 0 aliphatic rings. The molecule has 0 fully saturated rings. The third-order valence-electron chi connectivity index (χ3n) is 2.88. The Morgan fingerprint density at radius 2 is 2.11 bits per heavy atom. The Hall–Kier alpha value is -1.29. The maximum Gasteiger partial charge on any atom is 0.130 e. The number of benzene rings is 1. The van der Waals surface area contributed by atoms with Crippen molar-refractivity contribution >= 4 is 15.9 Å². The second-order valence-corrected chi connectivity index (χ2v) is 4.69. The lowest BCUT2D eigenvalue weighted by Crippen LogP contribution is -2.04. The van der Waals surface area contributed by atoms with Crippen molar-refractivity contribution in [1.82, 2.24) is 9.78 Å². The van der Waals surface area contributed by atoms with Crippen LogP contribution in [0, 0.1) is 0 Å². The molecule has 0 aliphatic heterocycles. The normalized spacial score (nSPS) is 10.6. The molecule has 0 amide bonds. The van der Waals surface area contributed by atoms with Crippen LogP contribution in [-0.2, 0) is 25.4 Å². The number of nitrogens with zero attached hydrogens (tertiary/aromatic N) is 2.